The number of benzene rings is 2. The fourth-order valence-electron chi connectivity index (χ4n) is 2.76. The van der Waals surface area contributed by atoms with Crippen LogP contribution in [0.2, 0.25) is 5.02 Å². The average molecular weight is 315 g/mol. The zero-order valence-electron chi connectivity index (χ0n) is 12.3. The number of hydrogen-bond acceptors (Lipinski definition) is 2. The third kappa shape index (κ3) is 3.49. The second-order valence-electron chi connectivity index (χ2n) is 5.58. The molecule has 3 rings (SSSR count). The number of anilines is 1. The van der Waals surface area contributed by atoms with Crippen LogP contribution in [0.3, 0.4) is 0 Å². The third-order valence-corrected chi connectivity index (χ3v) is 4.25. The summed E-state index contributed by atoms with van der Waals surface area (Å²) in [6.07, 6.45) is 0.906. The lowest BCUT2D eigenvalue weighted by Crippen LogP contribution is -2.36. The predicted octanol–water partition coefficient (Wildman–Crippen LogP) is 3.48. The van der Waals surface area contributed by atoms with Crippen LogP contribution >= 0.6 is 11.6 Å². The smallest absolute Gasteiger partial charge is 0.231 e. The standard InChI is InChI=1S/C18H19ClN2O/c19-16-8-6-14(7-9-16)13-21(17-4-2-1-3-5-17)18(22)15-10-11-20-12-15/h1-9,15,20H,10-13H2. The zero-order chi connectivity index (χ0) is 15.4. The lowest BCUT2D eigenvalue weighted by molar-refractivity contribution is -0.122. The van der Waals surface area contributed by atoms with Gasteiger partial charge in [0.1, 0.15) is 0 Å². The summed E-state index contributed by atoms with van der Waals surface area (Å²) >= 11 is 5.94. The van der Waals surface area contributed by atoms with E-state index in [4.69, 9.17) is 11.6 Å². The van der Waals surface area contributed by atoms with Crippen molar-refractivity contribution in [1.29, 1.82) is 0 Å². The van der Waals surface area contributed by atoms with E-state index in [1.807, 2.05) is 59.5 Å². The van der Waals surface area contributed by atoms with Crippen LogP contribution in [0.4, 0.5) is 5.69 Å². The number of carbonyl (C=O) groups is 1. The minimum Gasteiger partial charge on any atom is -0.316 e. The largest absolute Gasteiger partial charge is 0.316 e. The van der Waals surface area contributed by atoms with Crippen molar-refractivity contribution in [3.63, 3.8) is 0 Å². The molecular weight excluding hydrogens is 296 g/mol. The predicted molar refractivity (Wildman–Crippen MR) is 90.1 cm³/mol. The van der Waals surface area contributed by atoms with Crippen molar-refractivity contribution in [2.75, 3.05) is 18.0 Å². The summed E-state index contributed by atoms with van der Waals surface area (Å²) in [4.78, 5) is 14.8. The quantitative estimate of drug-likeness (QED) is 0.937. The fourth-order valence-corrected chi connectivity index (χ4v) is 2.89. The van der Waals surface area contributed by atoms with Crippen molar-refractivity contribution in [3.8, 4) is 0 Å². The SMILES string of the molecule is O=C(C1CCNC1)N(Cc1ccc(Cl)cc1)c1ccccc1. The van der Waals surface area contributed by atoms with E-state index in [2.05, 4.69) is 5.32 Å². The van der Waals surface area contributed by atoms with Gasteiger partial charge in [-0.3, -0.25) is 4.79 Å². The van der Waals surface area contributed by atoms with Crippen molar-refractivity contribution in [2.24, 2.45) is 5.92 Å². The van der Waals surface area contributed by atoms with Crippen molar-refractivity contribution in [3.05, 3.63) is 65.2 Å². The summed E-state index contributed by atoms with van der Waals surface area (Å²) in [5.74, 6) is 0.249. The molecule has 3 nitrogen and oxygen atoms in total. The van der Waals surface area contributed by atoms with Gasteiger partial charge in [0.2, 0.25) is 5.91 Å². The van der Waals surface area contributed by atoms with E-state index < -0.39 is 0 Å². The normalized spacial score (nSPS) is 17.4. The molecule has 1 aliphatic heterocycles. The molecule has 1 aliphatic rings. The Morgan fingerprint density at radius 1 is 1.14 bits per heavy atom. The molecule has 0 aromatic heterocycles. The Hall–Kier alpha value is -1.84. The third-order valence-electron chi connectivity index (χ3n) is 4.00. The lowest BCUT2D eigenvalue weighted by atomic mass is 10.1. The number of para-hydroxylation sites is 1. The monoisotopic (exact) mass is 314 g/mol. The number of halogens is 1. The van der Waals surface area contributed by atoms with Gasteiger partial charge in [0, 0.05) is 17.3 Å². The van der Waals surface area contributed by atoms with Gasteiger partial charge in [0.15, 0.2) is 0 Å². The number of amides is 1. The number of nitrogens with zero attached hydrogens (tertiary/aromatic N) is 1. The lowest BCUT2D eigenvalue weighted by Gasteiger charge is -2.25. The highest BCUT2D eigenvalue weighted by Gasteiger charge is 2.28. The summed E-state index contributed by atoms with van der Waals surface area (Å²) in [7, 11) is 0. The van der Waals surface area contributed by atoms with Crippen LogP contribution in [0.25, 0.3) is 0 Å². The minimum absolute atomic E-state index is 0.0625. The van der Waals surface area contributed by atoms with Crippen LogP contribution in [0.1, 0.15) is 12.0 Å². The van der Waals surface area contributed by atoms with E-state index in [1.54, 1.807) is 0 Å². The Bertz CT molecular complexity index is 621. The maximum absolute atomic E-state index is 12.9. The molecule has 2 aromatic rings. The molecule has 0 radical (unpaired) electrons. The maximum Gasteiger partial charge on any atom is 0.231 e. The molecule has 1 unspecified atom stereocenters. The van der Waals surface area contributed by atoms with Crippen molar-refractivity contribution in [1.82, 2.24) is 5.32 Å². The second kappa shape index (κ2) is 6.95. The van der Waals surface area contributed by atoms with Crippen LogP contribution in [0.5, 0.6) is 0 Å². The summed E-state index contributed by atoms with van der Waals surface area (Å²) in [5, 5.41) is 3.98. The van der Waals surface area contributed by atoms with Gasteiger partial charge in [0.05, 0.1) is 12.5 Å². The molecule has 0 aliphatic carbocycles. The van der Waals surface area contributed by atoms with Gasteiger partial charge in [0.25, 0.3) is 0 Å². The molecule has 1 fully saturated rings. The minimum atomic E-state index is 0.0625. The van der Waals surface area contributed by atoms with E-state index in [0.29, 0.717) is 11.6 Å². The Balaban J connectivity index is 1.85. The van der Waals surface area contributed by atoms with Crippen LogP contribution in [0.15, 0.2) is 54.6 Å². The van der Waals surface area contributed by atoms with Crippen LogP contribution in [0, 0.1) is 5.92 Å². The Morgan fingerprint density at radius 3 is 2.50 bits per heavy atom. The van der Waals surface area contributed by atoms with Gasteiger partial charge in [-0.1, -0.05) is 41.9 Å². The first kappa shape index (κ1) is 15.1. The molecular formula is C18H19ClN2O. The zero-order valence-corrected chi connectivity index (χ0v) is 13.1. The molecule has 0 bridgehead atoms. The van der Waals surface area contributed by atoms with Gasteiger partial charge in [-0.05, 0) is 42.8 Å². The molecule has 0 spiro atoms. The van der Waals surface area contributed by atoms with Gasteiger partial charge >= 0.3 is 0 Å². The van der Waals surface area contributed by atoms with Crippen molar-refractivity contribution >= 4 is 23.2 Å². The molecule has 22 heavy (non-hydrogen) atoms. The number of carbonyl (C=O) groups excluding carboxylic acids is 1. The highest BCUT2D eigenvalue weighted by Crippen LogP contribution is 2.22. The van der Waals surface area contributed by atoms with E-state index in [9.17, 15) is 4.79 Å². The van der Waals surface area contributed by atoms with Crippen molar-refractivity contribution in [2.45, 2.75) is 13.0 Å². The summed E-state index contributed by atoms with van der Waals surface area (Å²) in [6, 6.07) is 17.5. The number of hydrogen-bond donors (Lipinski definition) is 1. The van der Waals surface area contributed by atoms with Crippen LogP contribution in [-0.2, 0) is 11.3 Å². The molecule has 1 saturated heterocycles. The molecule has 1 heterocycles. The van der Waals surface area contributed by atoms with Crippen LogP contribution in [-0.4, -0.2) is 19.0 Å². The van der Waals surface area contributed by atoms with Gasteiger partial charge in [-0.2, -0.15) is 0 Å². The van der Waals surface area contributed by atoms with E-state index in [1.165, 1.54) is 0 Å². The molecule has 2 aromatic carbocycles. The molecule has 4 heteroatoms. The average Bonchev–Trinajstić information content (AvgIpc) is 3.09. The van der Waals surface area contributed by atoms with Gasteiger partial charge in [-0.15, -0.1) is 0 Å². The van der Waals surface area contributed by atoms with E-state index >= 15 is 0 Å². The highest BCUT2D eigenvalue weighted by molar-refractivity contribution is 6.30. The number of nitrogens with one attached hydrogen (secondary N) is 1. The Morgan fingerprint density at radius 2 is 1.86 bits per heavy atom. The van der Waals surface area contributed by atoms with Gasteiger partial charge < -0.3 is 10.2 Å². The first-order valence-electron chi connectivity index (χ1n) is 7.55. The highest BCUT2D eigenvalue weighted by atomic mass is 35.5. The van der Waals surface area contributed by atoms with Gasteiger partial charge in [-0.25, -0.2) is 0 Å². The summed E-state index contributed by atoms with van der Waals surface area (Å²) in [6.45, 7) is 2.25. The first-order chi connectivity index (χ1) is 10.7. The topological polar surface area (TPSA) is 32.3 Å². The molecule has 1 atom stereocenters. The molecule has 114 valence electrons. The summed E-state index contributed by atoms with van der Waals surface area (Å²) < 4.78 is 0. The molecule has 1 N–H and O–H groups in total. The van der Waals surface area contributed by atoms with E-state index in [0.717, 1.165) is 30.8 Å². The Kier molecular flexibility index (Phi) is 4.76. The maximum atomic E-state index is 12.9. The summed E-state index contributed by atoms with van der Waals surface area (Å²) in [5.41, 5.74) is 2.02. The van der Waals surface area contributed by atoms with E-state index in [-0.39, 0.29) is 11.8 Å². The van der Waals surface area contributed by atoms with Crippen LogP contribution < -0.4 is 10.2 Å². The van der Waals surface area contributed by atoms with Crippen molar-refractivity contribution < 1.29 is 4.79 Å². The second-order valence-corrected chi connectivity index (χ2v) is 6.01. The number of rotatable bonds is 4. The first-order valence-corrected chi connectivity index (χ1v) is 7.93. The molecule has 0 saturated carbocycles. The Labute approximate surface area is 135 Å². The molecule has 1 amide bonds. The fraction of sp³-hybridized carbons (Fsp3) is 0.278.